The van der Waals surface area contributed by atoms with Crippen LogP contribution < -0.4 is 5.32 Å². The Hall–Kier alpha value is -0.120. The van der Waals surface area contributed by atoms with Crippen LogP contribution in [0.25, 0.3) is 0 Å². The summed E-state index contributed by atoms with van der Waals surface area (Å²) in [5.41, 5.74) is 0. The molecular weight excluding hydrogens is 142 g/mol. The van der Waals surface area contributed by atoms with E-state index in [9.17, 15) is 0 Å². The summed E-state index contributed by atoms with van der Waals surface area (Å²) in [7, 11) is 1.74. The van der Waals surface area contributed by atoms with Gasteiger partial charge >= 0.3 is 0 Å². The molecule has 3 heteroatoms. The van der Waals surface area contributed by atoms with Crippen LogP contribution in [0.3, 0.4) is 0 Å². The summed E-state index contributed by atoms with van der Waals surface area (Å²) in [6.07, 6.45) is 1.30. The zero-order valence-electron chi connectivity index (χ0n) is 7.30. The first-order chi connectivity index (χ1) is 5.38. The quantitative estimate of drug-likeness (QED) is 0.646. The zero-order valence-corrected chi connectivity index (χ0v) is 7.30. The molecule has 0 aromatic heterocycles. The molecule has 0 saturated carbocycles. The molecule has 0 aromatic carbocycles. The summed E-state index contributed by atoms with van der Waals surface area (Å²) in [6.45, 7) is 4.71. The smallest absolute Gasteiger partial charge is 0.0957 e. The molecule has 0 amide bonds. The molecule has 2 atom stereocenters. The molecule has 1 rings (SSSR count). The van der Waals surface area contributed by atoms with Gasteiger partial charge in [0, 0.05) is 19.8 Å². The second kappa shape index (κ2) is 4.70. The van der Waals surface area contributed by atoms with E-state index in [1.165, 1.54) is 0 Å². The molecule has 1 fully saturated rings. The summed E-state index contributed by atoms with van der Waals surface area (Å²) in [4.78, 5) is 0. The van der Waals surface area contributed by atoms with Gasteiger partial charge in [-0.1, -0.05) is 6.92 Å². The fourth-order valence-electron chi connectivity index (χ4n) is 1.44. The molecule has 0 bridgehead atoms. The highest BCUT2D eigenvalue weighted by Gasteiger charge is 2.23. The molecule has 1 aliphatic rings. The number of hydrogen-bond acceptors (Lipinski definition) is 3. The minimum absolute atomic E-state index is 0.240. The van der Waals surface area contributed by atoms with Crippen molar-refractivity contribution in [2.75, 3.05) is 26.9 Å². The Morgan fingerprint density at radius 1 is 1.64 bits per heavy atom. The Bertz CT molecular complexity index is 106. The summed E-state index contributed by atoms with van der Waals surface area (Å²) in [5, 5.41) is 3.38. The van der Waals surface area contributed by atoms with Crippen LogP contribution in [0.15, 0.2) is 0 Å². The maximum atomic E-state index is 5.28. The maximum absolute atomic E-state index is 5.28. The van der Waals surface area contributed by atoms with Crippen LogP contribution in [0.5, 0.6) is 0 Å². The van der Waals surface area contributed by atoms with Crippen molar-refractivity contribution >= 4 is 0 Å². The Morgan fingerprint density at radius 2 is 2.45 bits per heavy atom. The summed E-state index contributed by atoms with van der Waals surface area (Å²) in [6, 6.07) is 0.485. The largest absolute Gasteiger partial charge is 0.379 e. The van der Waals surface area contributed by atoms with Crippen LogP contribution in [-0.2, 0) is 9.47 Å². The van der Waals surface area contributed by atoms with Crippen molar-refractivity contribution in [2.45, 2.75) is 25.5 Å². The first kappa shape index (κ1) is 8.97. The fourth-order valence-corrected chi connectivity index (χ4v) is 1.44. The van der Waals surface area contributed by atoms with Gasteiger partial charge in [-0.05, 0) is 13.0 Å². The number of ether oxygens (including phenoxy) is 2. The first-order valence-corrected chi connectivity index (χ1v) is 4.22. The van der Waals surface area contributed by atoms with Crippen LogP contribution in [0.2, 0.25) is 0 Å². The monoisotopic (exact) mass is 159 g/mol. The standard InChI is InChI=1S/C8H17NO2/c1-3-9-7-4-5-11-6-8(7)10-2/h7-9H,3-6H2,1-2H3. The Morgan fingerprint density at radius 3 is 3.09 bits per heavy atom. The van der Waals surface area contributed by atoms with Crippen LogP contribution in [0.4, 0.5) is 0 Å². The van der Waals surface area contributed by atoms with Gasteiger partial charge in [-0.25, -0.2) is 0 Å². The highest BCUT2D eigenvalue weighted by Crippen LogP contribution is 2.09. The lowest BCUT2D eigenvalue weighted by molar-refractivity contribution is -0.0493. The third kappa shape index (κ3) is 2.43. The second-order valence-electron chi connectivity index (χ2n) is 2.80. The molecule has 1 aliphatic heterocycles. The molecular formula is C8H17NO2. The van der Waals surface area contributed by atoms with Crippen molar-refractivity contribution in [2.24, 2.45) is 0 Å². The number of hydrogen-bond donors (Lipinski definition) is 1. The molecule has 3 nitrogen and oxygen atoms in total. The Kier molecular flexibility index (Phi) is 3.83. The Labute approximate surface area is 68.1 Å². The third-order valence-corrected chi connectivity index (χ3v) is 2.07. The van der Waals surface area contributed by atoms with Crippen molar-refractivity contribution in [3.05, 3.63) is 0 Å². The lowest BCUT2D eigenvalue weighted by atomic mass is 10.1. The number of nitrogens with one attached hydrogen (secondary N) is 1. The highest BCUT2D eigenvalue weighted by molar-refractivity contribution is 4.79. The molecule has 11 heavy (non-hydrogen) atoms. The number of likely N-dealkylation sites (N-methyl/N-ethyl adjacent to an activating group) is 1. The van der Waals surface area contributed by atoms with Crippen molar-refractivity contribution in [1.29, 1.82) is 0 Å². The van der Waals surface area contributed by atoms with E-state index in [4.69, 9.17) is 9.47 Å². The van der Waals surface area contributed by atoms with E-state index in [0.717, 1.165) is 26.2 Å². The zero-order chi connectivity index (χ0) is 8.10. The SMILES string of the molecule is CCNC1CCOCC1OC. The van der Waals surface area contributed by atoms with E-state index in [0.29, 0.717) is 6.04 Å². The molecule has 2 unspecified atom stereocenters. The van der Waals surface area contributed by atoms with E-state index in [-0.39, 0.29) is 6.10 Å². The van der Waals surface area contributed by atoms with Crippen LogP contribution in [-0.4, -0.2) is 39.0 Å². The topological polar surface area (TPSA) is 30.5 Å². The van der Waals surface area contributed by atoms with E-state index < -0.39 is 0 Å². The van der Waals surface area contributed by atoms with Gasteiger partial charge in [-0.2, -0.15) is 0 Å². The van der Waals surface area contributed by atoms with Gasteiger partial charge in [0.25, 0.3) is 0 Å². The van der Waals surface area contributed by atoms with E-state index in [2.05, 4.69) is 12.2 Å². The summed E-state index contributed by atoms with van der Waals surface area (Å²) in [5.74, 6) is 0. The highest BCUT2D eigenvalue weighted by atomic mass is 16.5. The number of rotatable bonds is 3. The van der Waals surface area contributed by atoms with Gasteiger partial charge in [-0.3, -0.25) is 0 Å². The predicted molar refractivity (Wildman–Crippen MR) is 43.7 cm³/mol. The van der Waals surface area contributed by atoms with Gasteiger partial charge in [0.2, 0.25) is 0 Å². The van der Waals surface area contributed by atoms with Gasteiger partial charge in [0.15, 0.2) is 0 Å². The fraction of sp³-hybridized carbons (Fsp3) is 1.00. The van der Waals surface area contributed by atoms with Crippen molar-refractivity contribution in [3.63, 3.8) is 0 Å². The van der Waals surface area contributed by atoms with Crippen LogP contribution >= 0.6 is 0 Å². The molecule has 0 spiro atoms. The van der Waals surface area contributed by atoms with Crippen LogP contribution in [0.1, 0.15) is 13.3 Å². The van der Waals surface area contributed by atoms with Gasteiger partial charge in [0.1, 0.15) is 0 Å². The number of methoxy groups -OCH3 is 1. The van der Waals surface area contributed by atoms with Gasteiger partial charge in [-0.15, -0.1) is 0 Å². The van der Waals surface area contributed by atoms with Gasteiger partial charge < -0.3 is 14.8 Å². The van der Waals surface area contributed by atoms with Crippen molar-refractivity contribution < 1.29 is 9.47 Å². The molecule has 0 radical (unpaired) electrons. The molecule has 1 heterocycles. The summed E-state index contributed by atoms with van der Waals surface area (Å²) >= 11 is 0. The average Bonchev–Trinajstić information content (AvgIpc) is 2.06. The molecule has 0 aliphatic carbocycles. The van der Waals surface area contributed by atoms with Crippen molar-refractivity contribution in [3.8, 4) is 0 Å². The minimum atomic E-state index is 0.240. The first-order valence-electron chi connectivity index (χ1n) is 4.22. The third-order valence-electron chi connectivity index (χ3n) is 2.07. The normalized spacial score (nSPS) is 32.2. The predicted octanol–water partition coefficient (Wildman–Crippen LogP) is 0.400. The average molecular weight is 159 g/mol. The molecule has 1 N–H and O–H groups in total. The lowest BCUT2D eigenvalue weighted by Gasteiger charge is -2.30. The van der Waals surface area contributed by atoms with Crippen LogP contribution in [0, 0.1) is 0 Å². The van der Waals surface area contributed by atoms with E-state index in [1.54, 1.807) is 7.11 Å². The van der Waals surface area contributed by atoms with Gasteiger partial charge in [0.05, 0.1) is 12.7 Å². The second-order valence-corrected chi connectivity index (χ2v) is 2.80. The van der Waals surface area contributed by atoms with E-state index in [1.807, 2.05) is 0 Å². The molecule has 66 valence electrons. The molecule has 1 saturated heterocycles. The lowest BCUT2D eigenvalue weighted by Crippen LogP contribution is -2.47. The maximum Gasteiger partial charge on any atom is 0.0957 e. The van der Waals surface area contributed by atoms with Crippen molar-refractivity contribution in [1.82, 2.24) is 5.32 Å². The minimum Gasteiger partial charge on any atom is -0.379 e. The van der Waals surface area contributed by atoms with E-state index >= 15 is 0 Å². The molecule has 0 aromatic rings. The Balaban J connectivity index is 2.31. The summed E-state index contributed by atoms with van der Waals surface area (Å²) < 4.78 is 10.6.